The quantitative estimate of drug-likeness (QED) is 0.543. The van der Waals surface area contributed by atoms with Crippen molar-refractivity contribution in [2.75, 3.05) is 6.61 Å². The molecule has 1 aromatic rings. The molecule has 1 heterocycles. The number of nitrogens with one attached hydrogen (secondary N) is 1. The lowest BCUT2D eigenvalue weighted by molar-refractivity contribution is -0.132. The van der Waals surface area contributed by atoms with Gasteiger partial charge in [-0.05, 0) is 17.5 Å². The maximum Gasteiger partial charge on any atom is 0.266 e. The summed E-state index contributed by atoms with van der Waals surface area (Å²) in [6, 6.07) is 7.63. The van der Waals surface area contributed by atoms with Gasteiger partial charge < -0.3 is 4.74 Å². The van der Waals surface area contributed by atoms with E-state index in [0.29, 0.717) is 6.61 Å². The van der Waals surface area contributed by atoms with E-state index in [9.17, 15) is 4.79 Å². The average molecular weight is 202 g/mol. The molecule has 1 aliphatic heterocycles. The summed E-state index contributed by atoms with van der Waals surface area (Å²) in [4.78, 5) is 11.5. The van der Waals surface area contributed by atoms with Gasteiger partial charge in [-0.15, -0.1) is 0 Å². The highest BCUT2D eigenvalue weighted by Gasteiger charge is 2.26. The summed E-state index contributed by atoms with van der Waals surface area (Å²) in [5.74, 6) is -0.398. The number of fused-ring (bicyclic) bond motifs is 1. The van der Waals surface area contributed by atoms with Gasteiger partial charge in [0.2, 0.25) is 0 Å². The largest absolute Gasteiger partial charge is 0.363 e. The molecule has 0 spiro atoms. The SMILES string of the molecule is N#CNC(=O)C1OCCc2ccccc21. The molecule has 1 atom stereocenters. The van der Waals surface area contributed by atoms with Gasteiger partial charge in [0.25, 0.3) is 5.91 Å². The lowest BCUT2D eigenvalue weighted by Gasteiger charge is -2.23. The third kappa shape index (κ3) is 1.83. The first-order valence-electron chi connectivity index (χ1n) is 4.71. The molecule has 15 heavy (non-hydrogen) atoms. The van der Waals surface area contributed by atoms with Crippen LogP contribution < -0.4 is 5.32 Å². The molecule has 0 saturated carbocycles. The van der Waals surface area contributed by atoms with Crippen LogP contribution in [-0.4, -0.2) is 12.5 Å². The molecule has 1 aromatic carbocycles. The Morgan fingerprint density at radius 1 is 1.53 bits per heavy atom. The topological polar surface area (TPSA) is 62.1 Å². The second-order valence-electron chi connectivity index (χ2n) is 3.30. The van der Waals surface area contributed by atoms with Crippen molar-refractivity contribution in [2.45, 2.75) is 12.5 Å². The zero-order valence-electron chi connectivity index (χ0n) is 8.06. The fourth-order valence-electron chi connectivity index (χ4n) is 1.73. The van der Waals surface area contributed by atoms with Crippen LogP contribution in [0.15, 0.2) is 24.3 Å². The van der Waals surface area contributed by atoms with Crippen LogP contribution in [0.5, 0.6) is 0 Å². The first-order valence-corrected chi connectivity index (χ1v) is 4.71. The third-order valence-electron chi connectivity index (χ3n) is 2.41. The Hall–Kier alpha value is -1.86. The van der Waals surface area contributed by atoms with Crippen molar-refractivity contribution in [3.05, 3.63) is 35.4 Å². The molecular weight excluding hydrogens is 192 g/mol. The van der Waals surface area contributed by atoms with E-state index >= 15 is 0 Å². The molecule has 0 aromatic heterocycles. The van der Waals surface area contributed by atoms with E-state index in [4.69, 9.17) is 10.00 Å². The third-order valence-corrected chi connectivity index (χ3v) is 2.41. The molecule has 0 radical (unpaired) electrons. The highest BCUT2D eigenvalue weighted by Crippen LogP contribution is 2.26. The summed E-state index contributed by atoms with van der Waals surface area (Å²) in [6.45, 7) is 0.514. The summed E-state index contributed by atoms with van der Waals surface area (Å²) < 4.78 is 5.36. The zero-order chi connectivity index (χ0) is 10.7. The van der Waals surface area contributed by atoms with Crippen LogP contribution in [-0.2, 0) is 16.0 Å². The van der Waals surface area contributed by atoms with Crippen molar-refractivity contribution in [1.82, 2.24) is 5.32 Å². The number of nitrogens with zero attached hydrogens (tertiary/aromatic N) is 1. The molecule has 1 unspecified atom stereocenters. The van der Waals surface area contributed by atoms with Gasteiger partial charge in [-0.1, -0.05) is 24.3 Å². The first kappa shape index (κ1) is 9.69. The van der Waals surface area contributed by atoms with E-state index in [1.54, 1.807) is 6.19 Å². The molecule has 4 nitrogen and oxygen atoms in total. The van der Waals surface area contributed by atoms with Crippen molar-refractivity contribution >= 4 is 5.91 Å². The minimum absolute atomic E-state index is 0.398. The van der Waals surface area contributed by atoms with Gasteiger partial charge >= 0.3 is 0 Å². The van der Waals surface area contributed by atoms with E-state index in [1.165, 1.54) is 0 Å². The fraction of sp³-hybridized carbons (Fsp3) is 0.273. The van der Waals surface area contributed by atoms with Crippen LogP contribution in [0.3, 0.4) is 0 Å². The van der Waals surface area contributed by atoms with Crippen LogP contribution in [0.1, 0.15) is 17.2 Å². The highest BCUT2D eigenvalue weighted by atomic mass is 16.5. The molecule has 1 N–H and O–H groups in total. The summed E-state index contributed by atoms with van der Waals surface area (Å²) in [5, 5.41) is 10.5. The molecule has 0 aliphatic carbocycles. The number of carbonyl (C=O) groups is 1. The normalized spacial score (nSPS) is 18.7. The molecule has 0 fully saturated rings. The van der Waals surface area contributed by atoms with Crippen LogP contribution in [0.2, 0.25) is 0 Å². The summed E-state index contributed by atoms with van der Waals surface area (Å²) in [6.07, 6.45) is 1.78. The number of hydrogen-bond acceptors (Lipinski definition) is 3. The Morgan fingerprint density at radius 2 is 2.33 bits per heavy atom. The molecule has 1 aliphatic rings. The number of nitriles is 1. The highest BCUT2D eigenvalue weighted by molar-refractivity contribution is 5.84. The Kier molecular flexibility index (Phi) is 2.66. The van der Waals surface area contributed by atoms with Crippen LogP contribution in [0.4, 0.5) is 0 Å². The van der Waals surface area contributed by atoms with Gasteiger partial charge in [-0.3, -0.25) is 10.1 Å². The van der Waals surface area contributed by atoms with Crippen LogP contribution >= 0.6 is 0 Å². The average Bonchev–Trinajstić information content (AvgIpc) is 2.28. The predicted octanol–water partition coefficient (Wildman–Crippen LogP) is 0.898. The van der Waals surface area contributed by atoms with Gasteiger partial charge in [0.15, 0.2) is 12.3 Å². The van der Waals surface area contributed by atoms with Gasteiger partial charge in [-0.2, -0.15) is 5.26 Å². The molecule has 1 amide bonds. The maximum absolute atomic E-state index is 11.5. The van der Waals surface area contributed by atoms with Crippen molar-refractivity contribution in [1.29, 1.82) is 5.26 Å². The fourth-order valence-corrected chi connectivity index (χ4v) is 1.73. The van der Waals surface area contributed by atoms with E-state index in [-0.39, 0.29) is 0 Å². The summed E-state index contributed by atoms with van der Waals surface area (Å²) in [7, 11) is 0. The number of rotatable bonds is 1. The minimum atomic E-state index is -0.644. The molecule has 0 bridgehead atoms. The number of hydrogen-bond donors (Lipinski definition) is 1. The lowest BCUT2D eigenvalue weighted by Crippen LogP contribution is -2.31. The standard InChI is InChI=1S/C11H10N2O2/c12-7-13-11(14)10-9-4-2-1-3-8(9)5-6-15-10/h1-4,10H,5-6H2,(H,13,14). The van der Waals surface area contributed by atoms with E-state index in [2.05, 4.69) is 5.32 Å². The molecular formula is C11H10N2O2. The molecule has 0 saturated heterocycles. The summed E-state index contributed by atoms with van der Waals surface area (Å²) >= 11 is 0. The van der Waals surface area contributed by atoms with Crippen LogP contribution in [0.25, 0.3) is 0 Å². The van der Waals surface area contributed by atoms with Gasteiger partial charge in [0, 0.05) is 0 Å². The van der Waals surface area contributed by atoms with Crippen molar-refractivity contribution in [3.8, 4) is 6.19 Å². The maximum atomic E-state index is 11.5. The lowest BCUT2D eigenvalue weighted by atomic mass is 9.97. The van der Waals surface area contributed by atoms with Gasteiger partial charge in [0.05, 0.1) is 6.61 Å². The molecule has 2 rings (SSSR count). The Bertz CT molecular complexity index is 423. The van der Waals surface area contributed by atoms with Crippen molar-refractivity contribution in [2.24, 2.45) is 0 Å². The Morgan fingerprint density at radius 3 is 3.13 bits per heavy atom. The number of carbonyl (C=O) groups excluding carboxylic acids is 1. The first-order chi connectivity index (χ1) is 7.33. The monoisotopic (exact) mass is 202 g/mol. The van der Waals surface area contributed by atoms with Crippen molar-refractivity contribution < 1.29 is 9.53 Å². The smallest absolute Gasteiger partial charge is 0.266 e. The number of ether oxygens (including phenoxy) is 1. The van der Waals surface area contributed by atoms with E-state index in [1.807, 2.05) is 24.3 Å². The minimum Gasteiger partial charge on any atom is -0.363 e. The number of benzene rings is 1. The van der Waals surface area contributed by atoms with Crippen LogP contribution in [0, 0.1) is 11.5 Å². The Labute approximate surface area is 87.5 Å². The zero-order valence-corrected chi connectivity index (χ0v) is 8.06. The van der Waals surface area contributed by atoms with E-state index < -0.39 is 12.0 Å². The second-order valence-corrected chi connectivity index (χ2v) is 3.30. The summed E-state index contributed by atoms with van der Waals surface area (Å²) in [5.41, 5.74) is 1.97. The molecule has 76 valence electrons. The molecule has 4 heteroatoms. The predicted molar refractivity (Wildman–Crippen MR) is 52.6 cm³/mol. The van der Waals surface area contributed by atoms with Gasteiger partial charge in [0.1, 0.15) is 0 Å². The van der Waals surface area contributed by atoms with Crippen molar-refractivity contribution in [3.63, 3.8) is 0 Å². The van der Waals surface area contributed by atoms with Gasteiger partial charge in [-0.25, -0.2) is 0 Å². The van der Waals surface area contributed by atoms with E-state index in [0.717, 1.165) is 17.5 Å². The number of amides is 1. The second kappa shape index (κ2) is 4.11. The Balaban J connectivity index is 2.30.